The highest BCUT2D eigenvalue weighted by Gasteiger charge is 2.28. The Morgan fingerprint density at radius 1 is 1.19 bits per heavy atom. The number of nitrogens with one attached hydrogen (secondary N) is 3. The van der Waals surface area contributed by atoms with Crippen molar-refractivity contribution in [1.82, 2.24) is 30.2 Å². The summed E-state index contributed by atoms with van der Waals surface area (Å²) in [5.74, 6) is 1.63. The van der Waals surface area contributed by atoms with Crippen molar-refractivity contribution in [3.8, 4) is 0 Å². The number of rotatable bonds is 5. The molecule has 32 heavy (non-hydrogen) atoms. The van der Waals surface area contributed by atoms with E-state index < -0.39 is 0 Å². The van der Waals surface area contributed by atoms with Crippen LogP contribution in [0, 0.1) is 5.92 Å². The van der Waals surface area contributed by atoms with Crippen molar-refractivity contribution in [1.29, 1.82) is 0 Å². The number of fused-ring (bicyclic) bond motifs is 3. The largest absolute Gasteiger partial charge is 0.369 e. The molecule has 0 bridgehead atoms. The van der Waals surface area contributed by atoms with Gasteiger partial charge in [0.1, 0.15) is 17.2 Å². The summed E-state index contributed by atoms with van der Waals surface area (Å²) in [5, 5.41) is 10.5. The summed E-state index contributed by atoms with van der Waals surface area (Å²) in [6.45, 7) is 9.08. The van der Waals surface area contributed by atoms with Crippen LogP contribution in [-0.2, 0) is 0 Å². The van der Waals surface area contributed by atoms with E-state index in [0.29, 0.717) is 29.9 Å². The molecule has 0 aliphatic carbocycles. The molecule has 168 valence electrons. The van der Waals surface area contributed by atoms with Gasteiger partial charge in [-0.25, -0.2) is 9.97 Å². The lowest BCUT2D eigenvalue weighted by molar-refractivity contribution is 0.0912. The number of carbonyl (C=O) groups is 1. The summed E-state index contributed by atoms with van der Waals surface area (Å²) in [4.78, 5) is 28.6. The van der Waals surface area contributed by atoms with Crippen LogP contribution in [0.15, 0.2) is 30.6 Å². The van der Waals surface area contributed by atoms with Crippen LogP contribution in [0.4, 0.5) is 17.5 Å². The van der Waals surface area contributed by atoms with E-state index in [4.69, 9.17) is 4.98 Å². The number of hydrogen-bond acceptors (Lipinski definition) is 7. The molecule has 0 radical (unpaired) electrons. The molecule has 1 fully saturated rings. The first-order chi connectivity index (χ1) is 15.6. The molecule has 0 unspecified atom stereocenters. The van der Waals surface area contributed by atoms with E-state index in [1.54, 1.807) is 6.20 Å². The van der Waals surface area contributed by atoms with Crippen molar-refractivity contribution in [2.45, 2.75) is 32.7 Å². The number of anilines is 3. The zero-order valence-electron chi connectivity index (χ0n) is 18.6. The number of aromatic nitrogens is 4. The average molecular weight is 435 g/mol. The molecule has 3 N–H and O–H groups in total. The molecule has 5 rings (SSSR count). The van der Waals surface area contributed by atoms with Gasteiger partial charge in [-0.1, -0.05) is 13.8 Å². The second kappa shape index (κ2) is 8.74. The zero-order valence-corrected chi connectivity index (χ0v) is 18.6. The minimum Gasteiger partial charge on any atom is -0.369 e. The Kier molecular flexibility index (Phi) is 5.65. The molecule has 1 amide bonds. The lowest BCUT2D eigenvalue weighted by Crippen LogP contribution is -2.39. The van der Waals surface area contributed by atoms with Crippen molar-refractivity contribution in [3.05, 3.63) is 36.3 Å². The number of nitrogens with zero attached hydrogens (tertiary/aromatic N) is 5. The van der Waals surface area contributed by atoms with Gasteiger partial charge in [0.15, 0.2) is 0 Å². The molecule has 9 nitrogen and oxygen atoms in total. The number of carbonyl (C=O) groups excluding carboxylic acids is 1. The molecule has 0 aromatic carbocycles. The van der Waals surface area contributed by atoms with Gasteiger partial charge in [-0.3, -0.25) is 4.79 Å². The summed E-state index contributed by atoms with van der Waals surface area (Å²) in [5.41, 5.74) is 2.56. The van der Waals surface area contributed by atoms with Crippen LogP contribution in [0.5, 0.6) is 0 Å². The van der Waals surface area contributed by atoms with Crippen molar-refractivity contribution in [2.75, 3.05) is 42.9 Å². The van der Waals surface area contributed by atoms with Gasteiger partial charge in [0.05, 0.1) is 17.9 Å². The lowest BCUT2D eigenvalue weighted by atomic mass is 10.0. The number of hydrogen-bond donors (Lipinski definition) is 3. The fraction of sp³-hybridized carbons (Fsp3) is 0.478. The molecular weight excluding hydrogens is 404 g/mol. The molecule has 1 saturated heterocycles. The Hall–Kier alpha value is -3.20. The van der Waals surface area contributed by atoms with Crippen LogP contribution in [0.1, 0.15) is 43.2 Å². The normalized spacial score (nSPS) is 19.0. The van der Waals surface area contributed by atoms with Crippen molar-refractivity contribution in [3.63, 3.8) is 0 Å². The minimum absolute atomic E-state index is 0.0570. The molecule has 2 aliphatic rings. The third-order valence-electron chi connectivity index (χ3n) is 6.11. The molecule has 5 heterocycles. The predicted molar refractivity (Wildman–Crippen MR) is 126 cm³/mol. The highest BCUT2D eigenvalue weighted by molar-refractivity contribution is 5.98. The quantitative estimate of drug-likeness (QED) is 0.568. The van der Waals surface area contributed by atoms with E-state index in [-0.39, 0.29) is 11.9 Å². The first-order valence-electron chi connectivity index (χ1n) is 11.4. The summed E-state index contributed by atoms with van der Waals surface area (Å²) in [6.07, 6.45) is 5.77. The van der Waals surface area contributed by atoms with Crippen molar-refractivity contribution < 1.29 is 4.79 Å². The van der Waals surface area contributed by atoms with Gasteiger partial charge in [-0.15, -0.1) is 0 Å². The fourth-order valence-corrected chi connectivity index (χ4v) is 4.60. The van der Waals surface area contributed by atoms with E-state index in [2.05, 4.69) is 55.3 Å². The van der Waals surface area contributed by atoms with Crippen molar-refractivity contribution in [2.24, 2.45) is 5.92 Å². The van der Waals surface area contributed by atoms with Gasteiger partial charge in [0.25, 0.3) is 5.91 Å². The molecular formula is C23H30N8O. The summed E-state index contributed by atoms with van der Waals surface area (Å²) in [7, 11) is 0. The Balaban J connectivity index is 1.40. The highest BCUT2D eigenvalue weighted by Crippen LogP contribution is 2.30. The second-order valence-electron chi connectivity index (χ2n) is 8.98. The molecule has 3 aromatic rings. The van der Waals surface area contributed by atoms with E-state index in [1.807, 2.05) is 18.3 Å². The third-order valence-corrected chi connectivity index (χ3v) is 6.11. The first kappa shape index (κ1) is 20.7. The number of pyridine rings is 1. The lowest BCUT2D eigenvalue weighted by Gasteiger charge is -2.28. The predicted octanol–water partition coefficient (Wildman–Crippen LogP) is 2.70. The van der Waals surface area contributed by atoms with Gasteiger partial charge < -0.3 is 25.4 Å². The van der Waals surface area contributed by atoms with Crippen LogP contribution in [0.3, 0.4) is 0 Å². The minimum atomic E-state index is -0.0570. The molecule has 1 atom stereocenters. The zero-order chi connectivity index (χ0) is 22.1. The van der Waals surface area contributed by atoms with E-state index >= 15 is 0 Å². The SMILES string of the molecule is CC(C)C[C@H]1CNC(=O)c2cc3cnc(Nc4ccc(N5CCCNCC5)cn4)nc3n21. The maximum absolute atomic E-state index is 12.4. The molecule has 0 spiro atoms. The van der Waals surface area contributed by atoms with Crippen LogP contribution in [-0.4, -0.2) is 58.1 Å². The van der Waals surface area contributed by atoms with Crippen LogP contribution in [0.2, 0.25) is 0 Å². The van der Waals surface area contributed by atoms with E-state index in [0.717, 1.165) is 55.7 Å². The summed E-state index contributed by atoms with van der Waals surface area (Å²) < 4.78 is 2.07. The van der Waals surface area contributed by atoms with Crippen LogP contribution in [0.25, 0.3) is 11.0 Å². The van der Waals surface area contributed by atoms with Gasteiger partial charge >= 0.3 is 0 Å². The molecule has 3 aromatic heterocycles. The summed E-state index contributed by atoms with van der Waals surface area (Å²) >= 11 is 0. The highest BCUT2D eigenvalue weighted by atomic mass is 16.2. The smallest absolute Gasteiger partial charge is 0.268 e. The van der Waals surface area contributed by atoms with Gasteiger partial charge in [-0.2, -0.15) is 4.98 Å². The van der Waals surface area contributed by atoms with Gasteiger partial charge in [-0.05, 0) is 43.5 Å². The standard InChI is InChI=1S/C23H30N8O/c1-15(2)10-18-14-26-22(32)19-11-16-12-27-23(29-21(16)31(18)19)28-20-5-4-17(13-25-20)30-8-3-6-24-7-9-30/h4-5,11-13,15,18,24H,3,6-10,14H2,1-2H3,(H,26,32)(H,25,27,28,29)/t18-/m0/s1. The molecule has 0 saturated carbocycles. The Morgan fingerprint density at radius 3 is 2.91 bits per heavy atom. The Labute approximate surface area is 187 Å². The summed E-state index contributed by atoms with van der Waals surface area (Å²) in [6, 6.07) is 6.11. The second-order valence-corrected chi connectivity index (χ2v) is 8.98. The topological polar surface area (TPSA) is 100 Å². The monoisotopic (exact) mass is 434 g/mol. The van der Waals surface area contributed by atoms with Crippen LogP contribution >= 0.6 is 0 Å². The van der Waals surface area contributed by atoms with Crippen molar-refractivity contribution >= 4 is 34.4 Å². The van der Waals surface area contributed by atoms with Crippen LogP contribution < -0.4 is 20.9 Å². The van der Waals surface area contributed by atoms with E-state index in [9.17, 15) is 4.79 Å². The Morgan fingerprint density at radius 2 is 2.09 bits per heavy atom. The third kappa shape index (κ3) is 4.12. The fourth-order valence-electron chi connectivity index (χ4n) is 4.60. The molecule has 9 heteroatoms. The van der Waals surface area contributed by atoms with E-state index in [1.165, 1.54) is 0 Å². The maximum Gasteiger partial charge on any atom is 0.268 e. The molecule has 2 aliphatic heterocycles. The first-order valence-corrected chi connectivity index (χ1v) is 11.4. The maximum atomic E-state index is 12.4. The Bertz CT molecular complexity index is 1100. The average Bonchev–Trinajstić information content (AvgIpc) is 2.96. The number of amides is 1. The van der Waals surface area contributed by atoms with Gasteiger partial charge in [0.2, 0.25) is 5.95 Å². The van der Waals surface area contributed by atoms with Gasteiger partial charge in [0, 0.05) is 37.8 Å².